The fraction of sp³-hybridized carbons (Fsp3) is 0.583. The van der Waals surface area contributed by atoms with Crippen LogP contribution in [0.1, 0.15) is 34.7 Å². The third-order valence-corrected chi connectivity index (χ3v) is 4.91. The molecule has 112 valence electrons. The van der Waals surface area contributed by atoms with Crippen LogP contribution in [-0.2, 0) is 10.0 Å². The second-order valence-corrected chi connectivity index (χ2v) is 6.68. The minimum absolute atomic E-state index is 0.0216. The minimum Gasteiger partial charge on any atom is -0.478 e. The summed E-state index contributed by atoms with van der Waals surface area (Å²) in [7, 11) is -4.03. The maximum absolute atomic E-state index is 12.2. The van der Waals surface area contributed by atoms with E-state index in [4.69, 9.17) is 9.52 Å². The highest BCUT2D eigenvalue weighted by atomic mass is 32.2. The van der Waals surface area contributed by atoms with Crippen LogP contribution in [0.5, 0.6) is 0 Å². The van der Waals surface area contributed by atoms with Crippen molar-refractivity contribution in [2.24, 2.45) is 5.92 Å². The summed E-state index contributed by atoms with van der Waals surface area (Å²) in [5.74, 6) is -1.17. The van der Waals surface area contributed by atoms with Gasteiger partial charge >= 0.3 is 5.97 Å². The van der Waals surface area contributed by atoms with Crippen molar-refractivity contribution in [2.45, 2.75) is 37.7 Å². The predicted molar refractivity (Wildman–Crippen MR) is 69.1 cm³/mol. The molecule has 1 unspecified atom stereocenters. The summed E-state index contributed by atoms with van der Waals surface area (Å²) in [6.45, 7) is 2.66. The van der Waals surface area contributed by atoms with E-state index in [0.29, 0.717) is 0 Å². The van der Waals surface area contributed by atoms with Crippen LogP contribution < -0.4 is 4.72 Å². The van der Waals surface area contributed by atoms with E-state index in [1.165, 1.54) is 13.8 Å². The van der Waals surface area contributed by atoms with E-state index in [0.717, 1.165) is 12.8 Å². The van der Waals surface area contributed by atoms with Crippen LogP contribution >= 0.6 is 0 Å². The van der Waals surface area contributed by atoms with Crippen LogP contribution in [0, 0.1) is 19.8 Å². The second kappa shape index (κ2) is 5.19. The molecule has 0 aliphatic heterocycles. The Kier molecular flexibility index (Phi) is 3.90. The normalized spacial score (nSPS) is 17.1. The van der Waals surface area contributed by atoms with Gasteiger partial charge in [0, 0.05) is 6.54 Å². The molecule has 7 nitrogen and oxygen atoms in total. The van der Waals surface area contributed by atoms with E-state index in [-0.39, 0.29) is 34.4 Å². The molecule has 1 aromatic rings. The Morgan fingerprint density at radius 1 is 1.40 bits per heavy atom. The van der Waals surface area contributed by atoms with Crippen LogP contribution in [0.3, 0.4) is 0 Å². The Bertz CT molecular complexity index is 629. The molecule has 0 aromatic carbocycles. The monoisotopic (exact) mass is 303 g/mol. The molecule has 0 amide bonds. The number of nitrogens with one attached hydrogen (secondary N) is 1. The van der Waals surface area contributed by atoms with Crippen LogP contribution in [0.2, 0.25) is 0 Å². The third-order valence-electron chi connectivity index (χ3n) is 3.34. The zero-order chi connectivity index (χ0) is 15.1. The third kappa shape index (κ3) is 2.87. The second-order valence-electron chi connectivity index (χ2n) is 4.98. The van der Waals surface area contributed by atoms with E-state index >= 15 is 0 Å². The Labute approximate surface area is 116 Å². The SMILES string of the molecule is Cc1oc(C)c(S(=O)(=O)NCC(O)C2CC2)c1C(=O)O. The number of carbonyl (C=O) groups is 1. The van der Waals surface area contributed by atoms with Crippen LogP contribution in [0.4, 0.5) is 0 Å². The Morgan fingerprint density at radius 2 is 2.00 bits per heavy atom. The summed E-state index contributed by atoms with van der Waals surface area (Å²) in [6, 6.07) is 0. The van der Waals surface area contributed by atoms with E-state index in [1.54, 1.807) is 0 Å². The molecule has 3 N–H and O–H groups in total. The summed E-state index contributed by atoms with van der Waals surface area (Å²) in [4.78, 5) is 10.8. The van der Waals surface area contributed by atoms with E-state index in [1.807, 2.05) is 0 Å². The van der Waals surface area contributed by atoms with Crippen LogP contribution in [-0.4, -0.2) is 37.2 Å². The zero-order valence-corrected chi connectivity index (χ0v) is 12.0. The van der Waals surface area contributed by atoms with Crippen molar-refractivity contribution < 1.29 is 27.8 Å². The smallest absolute Gasteiger partial charge is 0.340 e. The highest BCUT2D eigenvalue weighted by Crippen LogP contribution is 2.32. The molecule has 1 fully saturated rings. The topological polar surface area (TPSA) is 117 Å². The maximum Gasteiger partial charge on any atom is 0.340 e. The number of hydrogen-bond donors (Lipinski definition) is 3. The lowest BCUT2D eigenvalue weighted by atomic mass is 10.2. The molecule has 20 heavy (non-hydrogen) atoms. The van der Waals surface area contributed by atoms with Gasteiger partial charge in [-0.25, -0.2) is 17.9 Å². The summed E-state index contributed by atoms with van der Waals surface area (Å²) in [5, 5.41) is 18.8. The number of aryl methyl sites for hydroxylation is 2. The van der Waals surface area contributed by atoms with Crippen molar-refractivity contribution in [2.75, 3.05) is 6.54 Å². The number of aliphatic hydroxyl groups excluding tert-OH is 1. The Morgan fingerprint density at radius 3 is 2.50 bits per heavy atom. The first kappa shape index (κ1) is 15.0. The minimum atomic E-state index is -4.03. The molecule has 8 heteroatoms. The molecular formula is C12H17NO6S. The average Bonchev–Trinajstić information content (AvgIpc) is 3.11. The van der Waals surface area contributed by atoms with E-state index in [2.05, 4.69) is 4.72 Å². The van der Waals surface area contributed by atoms with Gasteiger partial charge in [-0.3, -0.25) is 0 Å². The number of rotatable bonds is 6. The number of furan rings is 1. The van der Waals surface area contributed by atoms with Crippen LogP contribution in [0.25, 0.3) is 0 Å². The number of carboxylic acids is 1. The summed E-state index contributed by atoms with van der Waals surface area (Å²) in [6.07, 6.45) is 1.02. The van der Waals surface area contributed by atoms with Gasteiger partial charge in [-0.05, 0) is 32.6 Å². The van der Waals surface area contributed by atoms with Crippen molar-refractivity contribution in [1.82, 2.24) is 4.72 Å². The van der Waals surface area contributed by atoms with Gasteiger partial charge in [-0.1, -0.05) is 0 Å². The number of aliphatic hydroxyl groups is 1. The molecule has 1 saturated carbocycles. The largest absolute Gasteiger partial charge is 0.478 e. The van der Waals surface area contributed by atoms with Crippen molar-refractivity contribution in [1.29, 1.82) is 0 Å². The highest BCUT2D eigenvalue weighted by Gasteiger charge is 2.34. The first-order valence-electron chi connectivity index (χ1n) is 6.25. The fourth-order valence-electron chi connectivity index (χ4n) is 2.15. The molecule has 0 saturated heterocycles. The standard InChI is InChI=1S/C12H17NO6S/c1-6-10(12(15)16)11(7(2)19-6)20(17,18)13-5-9(14)8-3-4-8/h8-9,13-14H,3-5H2,1-2H3,(H,15,16). The number of aromatic carboxylic acids is 1. The lowest BCUT2D eigenvalue weighted by molar-refractivity contribution is 0.0691. The molecule has 1 atom stereocenters. The van der Waals surface area contributed by atoms with Gasteiger partial charge in [0.05, 0.1) is 6.10 Å². The number of sulfonamides is 1. The quantitative estimate of drug-likeness (QED) is 0.710. The molecule has 0 bridgehead atoms. The maximum atomic E-state index is 12.2. The van der Waals surface area contributed by atoms with Crippen molar-refractivity contribution in [3.8, 4) is 0 Å². The van der Waals surface area contributed by atoms with Gasteiger partial charge < -0.3 is 14.6 Å². The Hall–Kier alpha value is -1.38. The van der Waals surface area contributed by atoms with Crippen molar-refractivity contribution >= 4 is 16.0 Å². The molecule has 0 spiro atoms. The van der Waals surface area contributed by atoms with Gasteiger partial charge in [0.2, 0.25) is 10.0 Å². The highest BCUT2D eigenvalue weighted by molar-refractivity contribution is 7.89. The first-order valence-corrected chi connectivity index (χ1v) is 7.73. The predicted octanol–water partition coefficient (Wildman–Crippen LogP) is 0.644. The summed E-state index contributed by atoms with van der Waals surface area (Å²) < 4.78 is 31.7. The molecule has 1 aromatic heterocycles. The van der Waals surface area contributed by atoms with Crippen molar-refractivity contribution in [3.63, 3.8) is 0 Å². The molecule has 1 aliphatic carbocycles. The van der Waals surface area contributed by atoms with Gasteiger partial charge in [-0.15, -0.1) is 0 Å². The number of carboxylic acid groups (broad SMARTS) is 1. The van der Waals surface area contributed by atoms with E-state index < -0.39 is 22.1 Å². The van der Waals surface area contributed by atoms with Gasteiger partial charge in [0.25, 0.3) is 0 Å². The molecular weight excluding hydrogens is 286 g/mol. The van der Waals surface area contributed by atoms with Gasteiger partial charge in [0.15, 0.2) is 0 Å². The molecule has 2 rings (SSSR count). The molecule has 0 radical (unpaired) electrons. The Balaban J connectivity index is 2.26. The average molecular weight is 303 g/mol. The zero-order valence-electron chi connectivity index (χ0n) is 11.2. The van der Waals surface area contributed by atoms with Crippen LogP contribution in [0.15, 0.2) is 9.31 Å². The summed E-state index contributed by atoms with van der Waals surface area (Å²) in [5.41, 5.74) is -0.365. The number of hydrogen-bond acceptors (Lipinski definition) is 5. The van der Waals surface area contributed by atoms with E-state index in [9.17, 15) is 18.3 Å². The molecule has 1 aliphatic rings. The lowest BCUT2D eigenvalue weighted by Gasteiger charge is -2.11. The first-order chi connectivity index (χ1) is 9.24. The molecule has 1 heterocycles. The fourth-order valence-corrected chi connectivity index (χ4v) is 3.60. The van der Waals surface area contributed by atoms with Gasteiger partial charge in [-0.2, -0.15) is 0 Å². The van der Waals surface area contributed by atoms with Gasteiger partial charge in [0.1, 0.15) is 22.0 Å². The van der Waals surface area contributed by atoms with Crippen molar-refractivity contribution in [3.05, 3.63) is 17.1 Å². The summed E-state index contributed by atoms with van der Waals surface area (Å²) >= 11 is 0. The lowest BCUT2D eigenvalue weighted by Crippen LogP contribution is -2.34.